The van der Waals surface area contributed by atoms with Gasteiger partial charge in [-0.2, -0.15) is 0 Å². The number of nitrogens with two attached hydrogens (primary N) is 1. The molecule has 0 spiro atoms. The van der Waals surface area contributed by atoms with Crippen LogP contribution in [0.4, 0.5) is 5.69 Å². The monoisotopic (exact) mass is 244 g/mol. The third-order valence-electron chi connectivity index (χ3n) is 3.67. The van der Waals surface area contributed by atoms with Crippen LogP contribution in [0.25, 0.3) is 0 Å². The van der Waals surface area contributed by atoms with Crippen LogP contribution in [0.5, 0.6) is 0 Å². The lowest BCUT2D eigenvalue weighted by molar-refractivity contribution is -0.149. The second-order valence-corrected chi connectivity index (χ2v) is 5.16. The Balaban J connectivity index is 1.80. The molecule has 1 aliphatic heterocycles. The lowest BCUT2D eigenvalue weighted by Gasteiger charge is -2.30. The number of anilines is 1. The minimum absolute atomic E-state index is 0.0106. The number of amides is 2. The predicted octanol–water partition coefficient (Wildman–Crippen LogP) is 1.66. The second-order valence-electron chi connectivity index (χ2n) is 5.16. The van der Waals surface area contributed by atoms with Gasteiger partial charge in [0.05, 0.1) is 0 Å². The van der Waals surface area contributed by atoms with Crippen LogP contribution in [0.3, 0.4) is 0 Å². The van der Waals surface area contributed by atoms with E-state index < -0.39 is 0 Å². The highest BCUT2D eigenvalue weighted by Gasteiger charge is 2.41. The number of carbonyl (C=O) groups excluding carboxylic acids is 2. The fraction of sp³-hybridized carbons (Fsp3) is 0.429. The normalized spacial score (nSPS) is 21.4. The van der Waals surface area contributed by atoms with Crippen LogP contribution in [0.1, 0.15) is 37.2 Å². The van der Waals surface area contributed by atoms with Crippen molar-refractivity contribution in [1.82, 2.24) is 4.90 Å². The summed E-state index contributed by atoms with van der Waals surface area (Å²) in [6.45, 7) is 0. The van der Waals surface area contributed by atoms with Gasteiger partial charge in [0.15, 0.2) is 0 Å². The van der Waals surface area contributed by atoms with Gasteiger partial charge in [-0.05, 0) is 30.5 Å². The predicted molar refractivity (Wildman–Crippen MR) is 67.7 cm³/mol. The van der Waals surface area contributed by atoms with E-state index in [2.05, 4.69) is 0 Å². The van der Waals surface area contributed by atoms with Gasteiger partial charge in [0.25, 0.3) is 0 Å². The molecule has 2 aliphatic rings. The molecular formula is C14H16N2O2. The molecule has 1 saturated carbocycles. The van der Waals surface area contributed by atoms with Gasteiger partial charge in [-0.3, -0.25) is 14.5 Å². The fourth-order valence-electron chi connectivity index (χ4n) is 2.62. The molecule has 0 unspecified atom stereocenters. The molecule has 0 bridgehead atoms. The van der Waals surface area contributed by atoms with Crippen LogP contribution in [0.2, 0.25) is 0 Å². The molecule has 1 aliphatic carbocycles. The SMILES string of the molecule is Nc1cccc(C2CC(=O)N(C3CC3)C(=O)C2)c1. The highest BCUT2D eigenvalue weighted by molar-refractivity contribution is 5.99. The van der Waals surface area contributed by atoms with Crippen LogP contribution in [0.15, 0.2) is 24.3 Å². The van der Waals surface area contributed by atoms with E-state index in [4.69, 9.17) is 5.73 Å². The van der Waals surface area contributed by atoms with Crippen molar-refractivity contribution in [3.63, 3.8) is 0 Å². The maximum absolute atomic E-state index is 12.0. The number of nitrogens with zero attached hydrogens (tertiary/aromatic N) is 1. The molecule has 0 atom stereocenters. The Morgan fingerprint density at radius 3 is 2.33 bits per heavy atom. The largest absolute Gasteiger partial charge is 0.399 e. The quantitative estimate of drug-likeness (QED) is 0.635. The Morgan fingerprint density at radius 2 is 1.78 bits per heavy atom. The maximum Gasteiger partial charge on any atom is 0.230 e. The summed E-state index contributed by atoms with van der Waals surface area (Å²) < 4.78 is 0. The van der Waals surface area contributed by atoms with Crippen LogP contribution in [0, 0.1) is 0 Å². The smallest absolute Gasteiger partial charge is 0.230 e. The fourth-order valence-corrected chi connectivity index (χ4v) is 2.62. The molecule has 1 heterocycles. The van der Waals surface area contributed by atoms with Crippen LogP contribution < -0.4 is 5.73 Å². The van der Waals surface area contributed by atoms with Gasteiger partial charge in [-0.25, -0.2) is 0 Å². The van der Waals surface area contributed by atoms with Gasteiger partial charge in [0.1, 0.15) is 0 Å². The van der Waals surface area contributed by atoms with Crippen molar-refractivity contribution in [3.8, 4) is 0 Å². The van der Waals surface area contributed by atoms with E-state index in [1.165, 1.54) is 4.90 Å². The Bertz CT molecular complexity index is 490. The molecule has 18 heavy (non-hydrogen) atoms. The molecule has 3 rings (SSSR count). The van der Waals surface area contributed by atoms with E-state index in [0.29, 0.717) is 18.5 Å². The average Bonchev–Trinajstić information content (AvgIpc) is 3.12. The summed E-state index contributed by atoms with van der Waals surface area (Å²) in [6.07, 6.45) is 2.79. The Morgan fingerprint density at radius 1 is 1.11 bits per heavy atom. The third-order valence-corrected chi connectivity index (χ3v) is 3.67. The first-order valence-electron chi connectivity index (χ1n) is 6.35. The number of carbonyl (C=O) groups is 2. The van der Waals surface area contributed by atoms with Gasteiger partial charge in [0.2, 0.25) is 11.8 Å². The van der Waals surface area contributed by atoms with E-state index in [-0.39, 0.29) is 23.8 Å². The summed E-state index contributed by atoms with van der Waals surface area (Å²) in [7, 11) is 0. The standard InChI is InChI=1S/C14H16N2O2/c15-11-3-1-2-9(6-11)10-7-13(17)16(12-4-5-12)14(18)8-10/h1-3,6,10,12H,4-5,7-8,15H2. The Hall–Kier alpha value is -1.84. The zero-order valence-corrected chi connectivity index (χ0v) is 10.1. The molecule has 2 N–H and O–H groups in total. The van der Waals surface area contributed by atoms with Crippen molar-refractivity contribution in [3.05, 3.63) is 29.8 Å². The highest BCUT2D eigenvalue weighted by atomic mass is 16.2. The van der Waals surface area contributed by atoms with Gasteiger partial charge >= 0.3 is 0 Å². The molecule has 0 radical (unpaired) electrons. The van der Waals surface area contributed by atoms with Crippen molar-refractivity contribution in [2.45, 2.75) is 37.6 Å². The molecule has 4 heteroatoms. The van der Waals surface area contributed by atoms with Crippen LogP contribution >= 0.6 is 0 Å². The van der Waals surface area contributed by atoms with E-state index in [1.54, 1.807) is 0 Å². The Kier molecular flexibility index (Phi) is 2.58. The molecule has 1 aromatic carbocycles. The summed E-state index contributed by atoms with van der Waals surface area (Å²) in [5.41, 5.74) is 7.41. The van der Waals surface area contributed by atoms with E-state index in [9.17, 15) is 9.59 Å². The number of likely N-dealkylation sites (tertiary alicyclic amines) is 1. The van der Waals surface area contributed by atoms with Crippen molar-refractivity contribution < 1.29 is 9.59 Å². The topological polar surface area (TPSA) is 63.4 Å². The lowest BCUT2D eigenvalue weighted by Crippen LogP contribution is -2.44. The maximum atomic E-state index is 12.0. The van der Waals surface area contributed by atoms with E-state index >= 15 is 0 Å². The summed E-state index contributed by atoms with van der Waals surface area (Å²) >= 11 is 0. The number of benzene rings is 1. The molecule has 4 nitrogen and oxygen atoms in total. The molecule has 2 amide bonds. The summed E-state index contributed by atoms with van der Waals surface area (Å²) in [6, 6.07) is 7.66. The average molecular weight is 244 g/mol. The van der Waals surface area contributed by atoms with Gasteiger partial charge < -0.3 is 5.73 Å². The number of hydrogen-bond donors (Lipinski definition) is 1. The lowest BCUT2D eigenvalue weighted by atomic mass is 9.88. The van der Waals surface area contributed by atoms with Gasteiger partial charge in [0, 0.05) is 30.5 Å². The number of imide groups is 1. The molecule has 2 fully saturated rings. The first kappa shape index (κ1) is 11.3. The van der Waals surface area contributed by atoms with Crippen molar-refractivity contribution in [1.29, 1.82) is 0 Å². The number of nitrogen functional groups attached to an aromatic ring is 1. The van der Waals surface area contributed by atoms with E-state index in [0.717, 1.165) is 18.4 Å². The van der Waals surface area contributed by atoms with Crippen molar-refractivity contribution >= 4 is 17.5 Å². The zero-order valence-electron chi connectivity index (χ0n) is 10.1. The molecule has 0 aromatic heterocycles. The molecular weight excluding hydrogens is 228 g/mol. The number of piperidine rings is 1. The van der Waals surface area contributed by atoms with Gasteiger partial charge in [-0.1, -0.05) is 12.1 Å². The molecule has 1 saturated heterocycles. The minimum Gasteiger partial charge on any atom is -0.399 e. The van der Waals surface area contributed by atoms with Crippen molar-refractivity contribution in [2.24, 2.45) is 0 Å². The molecule has 1 aromatic rings. The van der Waals surface area contributed by atoms with Crippen molar-refractivity contribution in [2.75, 3.05) is 5.73 Å². The number of rotatable bonds is 2. The molecule has 94 valence electrons. The minimum atomic E-state index is -0.0267. The third kappa shape index (κ3) is 1.98. The zero-order chi connectivity index (χ0) is 12.7. The van der Waals surface area contributed by atoms with E-state index in [1.807, 2.05) is 24.3 Å². The summed E-state index contributed by atoms with van der Waals surface area (Å²) in [5.74, 6) is -0.0640. The van der Waals surface area contributed by atoms with Crippen LogP contribution in [-0.2, 0) is 9.59 Å². The summed E-state index contributed by atoms with van der Waals surface area (Å²) in [4.78, 5) is 25.5. The van der Waals surface area contributed by atoms with Gasteiger partial charge in [-0.15, -0.1) is 0 Å². The highest BCUT2D eigenvalue weighted by Crippen LogP contribution is 2.36. The second kappa shape index (κ2) is 4.12. The first-order chi connectivity index (χ1) is 8.65. The Labute approximate surface area is 106 Å². The summed E-state index contributed by atoms with van der Waals surface area (Å²) in [5, 5.41) is 0. The number of hydrogen-bond acceptors (Lipinski definition) is 3. The van der Waals surface area contributed by atoms with Crippen LogP contribution in [-0.4, -0.2) is 22.8 Å². The first-order valence-corrected chi connectivity index (χ1v) is 6.35.